The highest BCUT2D eigenvalue weighted by Gasteiger charge is 2.19. The van der Waals surface area contributed by atoms with Gasteiger partial charge in [-0.15, -0.1) is 0 Å². The average molecular weight is 285 g/mol. The first kappa shape index (κ1) is 13.7. The molecule has 1 saturated heterocycles. The summed E-state index contributed by atoms with van der Waals surface area (Å²) in [4.78, 5) is 14.4. The van der Waals surface area contributed by atoms with Crippen LogP contribution in [0.4, 0.5) is 17.3 Å². The zero-order valence-electron chi connectivity index (χ0n) is 10.2. The van der Waals surface area contributed by atoms with E-state index in [-0.39, 0.29) is 17.5 Å². The molecule has 1 fully saturated rings. The van der Waals surface area contributed by atoms with E-state index in [2.05, 4.69) is 15.7 Å². The van der Waals surface area contributed by atoms with Crippen molar-refractivity contribution in [3.8, 4) is 0 Å². The van der Waals surface area contributed by atoms with Crippen LogP contribution < -0.4 is 16.6 Å². The van der Waals surface area contributed by atoms with E-state index in [1.165, 1.54) is 12.1 Å². The van der Waals surface area contributed by atoms with Crippen LogP contribution in [0.25, 0.3) is 0 Å². The van der Waals surface area contributed by atoms with E-state index < -0.39 is 15.7 Å². The minimum Gasteiger partial charge on any atom is -0.367 e. The van der Waals surface area contributed by atoms with Crippen molar-refractivity contribution in [2.45, 2.75) is 18.9 Å². The van der Waals surface area contributed by atoms with Crippen molar-refractivity contribution in [1.29, 1.82) is 0 Å². The summed E-state index contributed by atoms with van der Waals surface area (Å²) in [5.74, 6) is 7.17. The maximum Gasteiger partial charge on any atom is 0.276 e. The number of hydrogen-bond acceptors (Lipinski definition) is 7. The number of nitrogens with one attached hydrogen (secondary N) is 2. The molecule has 0 unspecified atom stereocenters. The van der Waals surface area contributed by atoms with Crippen molar-refractivity contribution >= 4 is 28.1 Å². The van der Waals surface area contributed by atoms with Crippen molar-refractivity contribution < 1.29 is 9.13 Å². The fraction of sp³-hybridized carbons (Fsp3) is 0.500. The van der Waals surface area contributed by atoms with Gasteiger partial charge < -0.3 is 10.7 Å². The van der Waals surface area contributed by atoms with Crippen molar-refractivity contribution in [1.82, 2.24) is 4.98 Å². The van der Waals surface area contributed by atoms with Gasteiger partial charge in [-0.3, -0.25) is 14.3 Å². The van der Waals surface area contributed by atoms with Crippen LogP contribution in [-0.4, -0.2) is 31.7 Å². The maximum atomic E-state index is 11.3. The summed E-state index contributed by atoms with van der Waals surface area (Å²) in [6.45, 7) is 0. The second-order valence-corrected chi connectivity index (χ2v) is 5.96. The van der Waals surface area contributed by atoms with Crippen LogP contribution in [0.15, 0.2) is 12.1 Å². The number of rotatable bonds is 4. The molecule has 1 aliphatic rings. The van der Waals surface area contributed by atoms with Gasteiger partial charge in [0.05, 0.1) is 17.1 Å². The van der Waals surface area contributed by atoms with Gasteiger partial charge >= 0.3 is 0 Å². The van der Waals surface area contributed by atoms with Crippen LogP contribution in [0.1, 0.15) is 12.8 Å². The number of nitrogens with zero attached hydrogens (tertiary/aromatic N) is 2. The lowest BCUT2D eigenvalue weighted by Gasteiger charge is -2.23. The molecule has 4 N–H and O–H groups in total. The SMILES string of the molecule is NNc1cc([N+](=O)[O-])cc(NC2CCS(=O)CC2)n1. The molecule has 0 atom stereocenters. The molecular formula is C10H15N5O3S. The molecule has 0 aliphatic carbocycles. The number of nitro groups is 1. The Morgan fingerprint density at radius 1 is 1.37 bits per heavy atom. The van der Waals surface area contributed by atoms with Crippen LogP contribution in [0.3, 0.4) is 0 Å². The molecular weight excluding hydrogens is 270 g/mol. The standard InChI is InChI=1S/C10H15N5O3S/c11-14-10-6-8(15(16)17)5-9(13-10)12-7-1-3-19(18)4-2-7/h5-7H,1-4,11H2,(H2,12,13,14). The summed E-state index contributed by atoms with van der Waals surface area (Å²) in [5, 5.41) is 13.9. The Kier molecular flexibility index (Phi) is 4.27. The van der Waals surface area contributed by atoms with E-state index in [4.69, 9.17) is 5.84 Å². The zero-order chi connectivity index (χ0) is 13.8. The van der Waals surface area contributed by atoms with Gasteiger partial charge in [0.15, 0.2) is 0 Å². The van der Waals surface area contributed by atoms with Gasteiger partial charge in [-0.2, -0.15) is 0 Å². The first-order chi connectivity index (χ1) is 9.08. The number of pyridine rings is 1. The van der Waals surface area contributed by atoms with Crippen LogP contribution in [0.2, 0.25) is 0 Å². The molecule has 1 aromatic heterocycles. The molecule has 104 valence electrons. The summed E-state index contributed by atoms with van der Waals surface area (Å²) >= 11 is 0. The van der Waals surface area contributed by atoms with Crippen molar-refractivity contribution in [2.75, 3.05) is 22.2 Å². The number of hydrazine groups is 1. The predicted molar refractivity (Wildman–Crippen MR) is 73.2 cm³/mol. The lowest BCUT2D eigenvalue weighted by molar-refractivity contribution is -0.384. The Hall–Kier alpha value is -1.74. The first-order valence-corrected chi connectivity index (χ1v) is 7.32. The second kappa shape index (κ2) is 5.93. The molecule has 0 aromatic carbocycles. The van der Waals surface area contributed by atoms with Gasteiger partial charge in [0.2, 0.25) is 0 Å². The largest absolute Gasteiger partial charge is 0.367 e. The lowest BCUT2D eigenvalue weighted by Crippen LogP contribution is -2.29. The summed E-state index contributed by atoms with van der Waals surface area (Å²) in [6.07, 6.45) is 1.53. The molecule has 0 radical (unpaired) electrons. The monoisotopic (exact) mass is 285 g/mol. The normalized spacial score (nSPS) is 22.8. The smallest absolute Gasteiger partial charge is 0.276 e. The van der Waals surface area contributed by atoms with Gasteiger partial charge in [0.1, 0.15) is 11.6 Å². The Balaban J connectivity index is 2.12. The Labute approximate surface area is 112 Å². The highest BCUT2D eigenvalue weighted by atomic mass is 32.2. The van der Waals surface area contributed by atoms with E-state index in [1.807, 2.05) is 0 Å². The molecule has 2 rings (SSSR count). The summed E-state index contributed by atoms with van der Waals surface area (Å²) in [5.41, 5.74) is 2.22. The van der Waals surface area contributed by atoms with E-state index in [0.717, 1.165) is 12.8 Å². The predicted octanol–water partition coefficient (Wildman–Crippen LogP) is 0.598. The summed E-state index contributed by atoms with van der Waals surface area (Å²) in [6, 6.07) is 2.77. The quantitative estimate of drug-likeness (QED) is 0.420. The third-order valence-electron chi connectivity index (χ3n) is 2.91. The highest BCUT2D eigenvalue weighted by Crippen LogP contribution is 2.22. The number of anilines is 2. The fourth-order valence-electron chi connectivity index (χ4n) is 1.92. The average Bonchev–Trinajstić information content (AvgIpc) is 2.41. The summed E-state index contributed by atoms with van der Waals surface area (Å²) in [7, 11) is -0.738. The number of aromatic nitrogens is 1. The number of hydrogen-bond donors (Lipinski definition) is 3. The molecule has 0 bridgehead atoms. The Bertz CT molecular complexity index is 500. The summed E-state index contributed by atoms with van der Waals surface area (Å²) < 4.78 is 11.3. The third-order valence-corrected chi connectivity index (χ3v) is 4.29. The van der Waals surface area contributed by atoms with Gasteiger partial charge in [-0.05, 0) is 12.8 Å². The maximum absolute atomic E-state index is 11.3. The molecule has 2 heterocycles. The zero-order valence-corrected chi connectivity index (χ0v) is 11.0. The molecule has 8 nitrogen and oxygen atoms in total. The third kappa shape index (κ3) is 3.61. The minimum atomic E-state index is -0.738. The molecule has 19 heavy (non-hydrogen) atoms. The first-order valence-electron chi connectivity index (χ1n) is 5.83. The number of nitrogen functional groups attached to an aromatic ring is 1. The number of nitrogens with two attached hydrogens (primary N) is 1. The molecule has 9 heteroatoms. The molecule has 1 aromatic rings. The highest BCUT2D eigenvalue weighted by molar-refractivity contribution is 7.85. The van der Waals surface area contributed by atoms with Crippen LogP contribution in [-0.2, 0) is 10.8 Å². The van der Waals surface area contributed by atoms with E-state index in [9.17, 15) is 14.3 Å². The fourth-order valence-corrected chi connectivity index (χ4v) is 3.22. The minimum absolute atomic E-state index is 0.0789. The topological polar surface area (TPSA) is 123 Å². The Morgan fingerprint density at radius 3 is 2.58 bits per heavy atom. The molecule has 0 spiro atoms. The lowest BCUT2D eigenvalue weighted by atomic mass is 10.1. The van der Waals surface area contributed by atoms with Crippen molar-refractivity contribution in [3.63, 3.8) is 0 Å². The van der Waals surface area contributed by atoms with Crippen molar-refractivity contribution in [2.24, 2.45) is 5.84 Å². The van der Waals surface area contributed by atoms with Crippen LogP contribution >= 0.6 is 0 Å². The van der Waals surface area contributed by atoms with Crippen LogP contribution in [0.5, 0.6) is 0 Å². The van der Waals surface area contributed by atoms with Crippen LogP contribution in [0, 0.1) is 10.1 Å². The van der Waals surface area contributed by atoms with E-state index in [1.54, 1.807) is 0 Å². The second-order valence-electron chi connectivity index (χ2n) is 4.26. The molecule has 1 aliphatic heterocycles. The van der Waals surface area contributed by atoms with Gasteiger partial charge in [-0.25, -0.2) is 10.8 Å². The van der Waals surface area contributed by atoms with Crippen molar-refractivity contribution in [3.05, 3.63) is 22.2 Å². The molecule has 0 saturated carbocycles. The van der Waals surface area contributed by atoms with E-state index in [0.29, 0.717) is 17.3 Å². The Morgan fingerprint density at radius 2 is 2.00 bits per heavy atom. The van der Waals surface area contributed by atoms with Gasteiger partial charge in [0, 0.05) is 28.3 Å². The molecule has 0 amide bonds. The van der Waals surface area contributed by atoms with Gasteiger partial charge in [-0.1, -0.05) is 0 Å². The van der Waals surface area contributed by atoms with Gasteiger partial charge in [0.25, 0.3) is 5.69 Å². The van der Waals surface area contributed by atoms with E-state index >= 15 is 0 Å².